The number of hydrogen-bond acceptors (Lipinski definition) is 4. The van der Waals surface area contributed by atoms with Crippen LogP contribution in [0, 0.1) is 0 Å². The zero-order valence-electron chi connectivity index (χ0n) is 11.0. The van der Waals surface area contributed by atoms with Gasteiger partial charge in [0.25, 0.3) is 0 Å². The van der Waals surface area contributed by atoms with Crippen LogP contribution in [0.4, 0.5) is 0 Å². The molecule has 4 nitrogen and oxygen atoms in total. The molecule has 0 heterocycles. The van der Waals surface area contributed by atoms with Crippen LogP contribution in [0.25, 0.3) is 0 Å². The van der Waals surface area contributed by atoms with Gasteiger partial charge in [0.1, 0.15) is 5.75 Å². The summed E-state index contributed by atoms with van der Waals surface area (Å²) in [6, 6.07) is 7.12. The van der Waals surface area contributed by atoms with E-state index in [0.29, 0.717) is 11.9 Å². The molecule has 0 saturated heterocycles. The number of aliphatic hydroxyl groups excluding tert-OH is 1. The molecule has 19 heavy (non-hydrogen) atoms. The number of thioether (sulfide) groups is 1. The molecule has 106 valence electrons. The summed E-state index contributed by atoms with van der Waals surface area (Å²) in [7, 11) is 0. The summed E-state index contributed by atoms with van der Waals surface area (Å²) in [4.78, 5) is 10.5. The van der Waals surface area contributed by atoms with E-state index in [-0.39, 0.29) is 13.0 Å². The average molecular weight is 284 g/mol. The first kappa shape index (κ1) is 15.9. The van der Waals surface area contributed by atoms with E-state index in [1.165, 1.54) is 0 Å². The van der Waals surface area contributed by atoms with E-state index in [9.17, 15) is 4.79 Å². The molecule has 0 saturated carbocycles. The first-order valence-electron chi connectivity index (χ1n) is 6.28. The summed E-state index contributed by atoms with van der Waals surface area (Å²) in [6.07, 6.45) is 0.837. The maximum atomic E-state index is 10.5. The third-order valence-electron chi connectivity index (χ3n) is 2.57. The Kier molecular flexibility index (Phi) is 7.36. The number of carboxylic acid groups (broad SMARTS) is 1. The molecule has 0 radical (unpaired) electrons. The second-order valence-electron chi connectivity index (χ2n) is 4.26. The molecule has 2 N–H and O–H groups in total. The lowest BCUT2D eigenvalue weighted by molar-refractivity contribution is -0.136. The molecule has 0 aliphatic heterocycles. The molecule has 1 aromatic carbocycles. The number of aliphatic hydroxyl groups is 1. The van der Waals surface area contributed by atoms with Crippen LogP contribution < -0.4 is 4.74 Å². The number of carbonyl (C=O) groups is 1. The van der Waals surface area contributed by atoms with Gasteiger partial charge >= 0.3 is 5.97 Å². The van der Waals surface area contributed by atoms with E-state index in [1.54, 1.807) is 36.0 Å². The Morgan fingerprint density at radius 2 is 2.05 bits per heavy atom. The van der Waals surface area contributed by atoms with Crippen molar-refractivity contribution in [3.8, 4) is 5.75 Å². The van der Waals surface area contributed by atoms with E-state index < -0.39 is 5.97 Å². The summed E-state index contributed by atoms with van der Waals surface area (Å²) < 4.78 is 5.56. The minimum Gasteiger partial charge on any atom is -0.493 e. The van der Waals surface area contributed by atoms with Crippen LogP contribution in [-0.2, 0) is 11.2 Å². The highest BCUT2D eigenvalue weighted by Gasteiger charge is 2.03. The van der Waals surface area contributed by atoms with Crippen molar-refractivity contribution in [2.75, 3.05) is 19.0 Å². The lowest BCUT2D eigenvalue weighted by Gasteiger charge is -2.10. The number of ether oxygens (including phenoxy) is 1. The molecule has 1 aromatic rings. The van der Waals surface area contributed by atoms with Crippen molar-refractivity contribution in [1.82, 2.24) is 0 Å². The molecule has 1 unspecified atom stereocenters. The van der Waals surface area contributed by atoms with E-state index >= 15 is 0 Å². The fraction of sp³-hybridized carbons (Fsp3) is 0.500. The van der Waals surface area contributed by atoms with Crippen LogP contribution in [-0.4, -0.2) is 40.4 Å². The van der Waals surface area contributed by atoms with Crippen molar-refractivity contribution < 1.29 is 19.7 Å². The Hall–Kier alpha value is -1.20. The van der Waals surface area contributed by atoms with Crippen molar-refractivity contribution >= 4 is 17.7 Å². The summed E-state index contributed by atoms with van der Waals surface area (Å²) in [5, 5.41) is 17.9. The Balaban J connectivity index is 2.24. The van der Waals surface area contributed by atoms with Crippen LogP contribution in [0.2, 0.25) is 0 Å². The lowest BCUT2D eigenvalue weighted by atomic mass is 10.1. The lowest BCUT2D eigenvalue weighted by Crippen LogP contribution is -2.06. The molecule has 1 atom stereocenters. The fourth-order valence-electron chi connectivity index (χ4n) is 1.55. The molecule has 1 rings (SSSR count). The monoisotopic (exact) mass is 284 g/mol. The smallest absolute Gasteiger partial charge is 0.307 e. The predicted octanol–water partition coefficient (Wildman–Crippen LogP) is 2.20. The van der Waals surface area contributed by atoms with Crippen molar-refractivity contribution in [1.29, 1.82) is 0 Å². The first-order chi connectivity index (χ1) is 9.11. The summed E-state index contributed by atoms with van der Waals surface area (Å²) >= 11 is 1.77. The van der Waals surface area contributed by atoms with Gasteiger partial charge in [0, 0.05) is 17.6 Å². The van der Waals surface area contributed by atoms with Crippen molar-refractivity contribution in [3.63, 3.8) is 0 Å². The van der Waals surface area contributed by atoms with E-state index in [4.69, 9.17) is 14.9 Å². The highest BCUT2D eigenvalue weighted by atomic mass is 32.2. The highest BCUT2D eigenvalue weighted by Crippen LogP contribution is 2.16. The minimum absolute atomic E-state index is 0.0365. The highest BCUT2D eigenvalue weighted by molar-refractivity contribution is 7.99. The van der Waals surface area contributed by atoms with Crippen LogP contribution in [0.3, 0.4) is 0 Å². The third-order valence-corrected chi connectivity index (χ3v) is 3.78. The van der Waals surface area contributed by atoms with Gasteiger partial charge in [0.2, 0.25) is 0 Å². The molecule has 0 bridgehead atoms. The van der Waals surface area contributed by atoms with E-state index in [0.717, 1.165) is 23.5 Å². The fourth-order valence-corrected chi connectivity index (χ4v) is 2.41. The van der Waals surface area contributed by atoms with E-state index in [2.05, 4.69) is 6.92 Å². The second kappa shape index (κ2) is 8.82. The van der Waals surface area contributed by atoms with Gasteiger partial charge in [-0.25, -0.2) is 0 Å². The zero-order valence-corrected chi connectivity index (χ0v) is 11.9. The molecule has 0 aliphatic rings. The number of benzene rings is 1. The maximum Gasteiger partial charge on any atom is 0.307 e. The topological polar surface area (TPSA) is 66.8 Å². The molecule has 0 spiro atoms. The van der Waals surface area contributed by atoms with Crippen molar-refractivity contribution in [2.24, 2.45) is 0 Å². The summed E-state index contributed by atoms with van der Waals surface area (Å²) in [5.74, 6) is 0.797. The largest absolute Gasteiger partial charge is 0.493 e. The SMILES string of the molecule is CC(CCO)SCCOc1ccc(CC(=O)O)cc1. The molecule has 5 heteroatoms. The van der Waals surface area contributed by atoms with Gasteiger partial charge in [-0.2, -0.15) is 11.8 Å². The minimum atomic E-state index is -0.831. The van der Waals surface area contributed by atoms with Crippen molar-refractivity contribution in [2.45, 2.75) is 25.0 Å². The quantitative estimate of drug-likeness (QED) is 0.680. The van der Waals surface area contributed by atoms with Crippen LogP contribution >= 0.6 is 11.8 Å². The molecule has 0 aromatic heterocycles. The molecule has 0 aliphatic carbocycles. The number of carboxylic acids is 1. The van der Waals surface area contributed by atoms with Crippen LogP contribution in [0.5, 0.6) is 5.75 Å². The Bertz CT molecular complexity index is 378. The normalized spacial score (nSPS) is 12.1. The van der Waals surface area contributed by atoms with Crippen molar-refractivity contribution in [3.05, 3.63) is 29.8 Å². The maximum absolute atomic E-state index is 10.5. The first-order valence-corrected chi connectivity index (χ1v) is 7.32. The zero-order chi connectivity index (χ0) is 14.1. The van der Waals surface area contributed by atoms with E-state index in [1.807, 2.05) is 0 Å². The average Bonchev–Trinajstić information content (AvgIpc) is 2.36. The Morgan fingerprint density at radius 3 is 2.63 bits per heavy atom. The third kappa shape index (κ3) is 7.08. The number of hydrogen-bond donors (Lipinski definition) is 2. The Morgan fingerprint density at radius 1 is 1.37 bits per heavy atom. The standard InChI is InChI=1S/C14H20O4S/c1-11(6-7-15)19-9-8-18-13-4-2-12(3-5-13)10-14(16)17/h2-5,11,15H,6-10H2,1H3,(H,16,17). The van der Waals surface area contributed by atoms with Gasteiger partial charge in [-0.15, -0.1) is 0 Å². The second-order valence-corrected chi connectivity index (χ2v) is 5.80. The van der Waals surface area contributed by atoms with Crippen LogP contribution in [0.15, 0.2) is 24.3 Å². The number of rotatable bonds is 9. The summed E-state index contributed by atoms with van der Waals surface area (Å²) in [6.45, 7) is 2.92. The van der Waals surface area contributed by atoms with Gasteiger partial charge in [-0.3, -0.25) is 4.79 Å². The van der Waals surface area contributed by atoms with Gasteiger partial charge in [0.05, 0.1) is 13.0 Å². The molecule has 0 fully saturated rings. The molecular weight excluding hydrogens is 264 g/mol. The summed E-state index contributed by atoms with van der Waals surface area (Å²) in [5.41, 5.74) is 0.769. The molecule has 0 amide bonds. The predicted molar refractivity (Wildman–Crippen MR) is 76.9 cm³/mol. The number of aliphatic carboxylic acids is 1. The van der Waals surface area contributed by atoms with Gasteiger partial charge < -0.3 is 14.9 Å². The Labute approximate surface area is 117 Å². The van der Waals surface area contributed by atoms with Gasteiger partial charge in [0.15, 0.2) is 0 Å². The van der Waals surface area contributed by atoms with Crippen LogP contribution in [0.1, 0.15) is 18.9 Å². The molecular formula is C14H20O4S. The van der Waals surface area contributed by atoms with Gasteiger partial charge in [-0.05, 0) is 24.1 Å². The van der Waals surface area contributed by atoms with Gasteiger partial charge in [-0.1, -0.05) is 19.1 Å².